The SMILES string of the molecule is Cc1ccc(N2C(=O)CC(N(Cc3cccs3)C(=O)c3ccccc3C)C2=O)cc1. The second-order valence-corrected chi connectivity index (χ2v) is 8.48. The fraction of sp³-hybridized carbons (Fsp3) is 0.208. The molecule has 0 N–H and O–H groups in total. The van der Waals surface area contributed by atoms with Gasteiger partial charge in [-0.15, -0.1) is 11.3 Å². The Morgan fingerprint density at radius 1 is 1.03 bits per heavy atom. The molecule has 5 nitrogen and oxygen atoms in total. The van der Waals surface area contributed by atoms with Crippen LogP contribution in [0.5, 0.6) is 0 Å². The van der Waals surface area contributed by atoms with E-state index in [-0.39, 0.29) is 30.7 Å². The predicted molar refractivity (Wildman–Crippen MR) is 117 cm³/mol. The van der Waals surface area contributed by atoms with Gasteiger partial charge in [0, 0.05) is 10.4 Å². The number of carbonyl (C=O) groups is 3. The molecule has 4 rings (SSSR count). The Hall–Kier alpha value is -3.25. The van der Waals surface area contributed by atoms with Gasteiger partial charge in [-0.3, -0.25) is 14.4 Å². The van der Waals surface area contributed by atoms with Crippen molar-refractivity contribution in [2.24, 2.45) is 0 Å². The van der Waals surface area contributed by atoms with Gasteiger partial charge in [0.25, 0.3) is 11.8 Å². The molecule has 0 bridgehead atoms. The van der Waals surface area contributed by atoms with E-state index in [4.69, 9.17) is 0 Å². The van der Waals surface area contributed by atoms with Crippen molar-refractivity contribution in [3.8, 4) is 0 Å². The molecule has 3 amide bonds. The fourth-order valence-corrected chi connectivity index (χ4v) is 4.39. The van der Waals surface area contributed by atoms with Crippen LogP contribution >= 0.6 is 11.3 Å². The minimum Gasteiger partial charge on any atom is -0.321 e. The molecule has 1 unspecified atom stereocenters. The zero-order valence-electron chi connectivity index (χ0n) is 16.9. The monoisotopic (exact) mass is 418 g/mol. The number of anilines is 1. The van der Waals surface area contributed by atoms with E-state index in [0.717, 1.165) is 16.0 Å². The summed E-state index contributed by atoms with van der Waals surface area (Å²) in [5, 5.41) is 1.94. The summed E-state index contributed by atoms with van der Waals surface area (Å²) in [4.78, 5) is 43.3. The Bertz CT molecular complexity index is 1090. The summed E-state index contributed by atoms with van der Waals surface area (Å²) < 4.78 is 0. The molecule has 0 spiro atoms. The first kappa shape index (κ1) is 20.0. The number of imide groups is 1. The number of benzene rings is 2. The molecule has 30 heavy (non-hydrogen) atoms. The van der Waals surface area contributed by atoms with Crippen LogP contribution in [0.25, 0.3) is 0 Å². The van der Waals surface area contributed by atoms with Gasteiger partial charge >= 0.3 is 0 Å². The number of hydrogen-bond acceptors (Lipinski definition) is 4. The first-order valence-electron chi connectivity index (χ1n) is 9.78. The Morgan fingerprint density at radius 3 is 2.43 bits per heavy atom. The molecule has 152 valence electrons. The predicted octanol–water partition coefficient (Wildman–Crippen LogP) is 4.34. The fourth-order valence-electron chi connectivity index (χ4n) is 3.69. The zero-order chi connectivity index (χ0) is 21.3. The number of aryl methyl sites for hydroxylation is 2. The minimum absolute atomic E-state index is 0.0181. The second-order valence-electron chi connectivity index (χ2n) is 7.45. The molecule has 2 aromatic carbocycles. The number of thiophene rings is 1. The number of hydrogen-bond donors (Lipinski definition) is 0. The number of carbonyl (C=O) groups excluding carboxylic acids is 3. The molecule has 2 heterocycles. The Labute approximate surface area is 179 Å². The van der Waals surface area contributed by atoms with Crippen LogP contribution in [-0.2, 0) is 16.1 Å². The lowest BCUT2D eigenvalue weighted by Gasteiger charge is -2.28. The van der Waals surface area contributed by atoms with Crippen LogP contribution in [0, 0.1) is 13.8 Å². The molecule has 0 saturated carbocycles. The third-order valence-corrected chi connectivity index (χ3v) is 6.19. The summed E-state index contributed by atoms with van der Waals surface area (Å²) in [6.45, 7) is 4.11. The third kappa shape index (κ3) is 3.78. The quantitative estimate of drug-likeness (QED) is 0.579. The van der Waals surface area contributed by atoms with E-state index >= 15 is 0 Å². The molecular weight excluding hydrogens is 396 g/mol. The lowest BCUT2D eigenvalue weighted by molar-refractivity contribution is -0.122. The van der Waals surface area contributed by atoms with Crippen molar-refractivity contribution in [2.45, 2.75) is 32.9 Å². The summed E-state index contributed by atoms with van der Waals surface area (Å²) in [7, 11) is 0. The smallest absolute Gasteiger partial charge is 0.257 e. The van der Waals surface area contributed by atoms with Crippen molar-refractivity contribution in [1.29, 1.82) is 0 Å². The molecule has 6 heteroatoms. The maximum absolute atomic E-state index is 13.5. The van der Waals surface area contributed by atoms with E-state index in [2.05, 4.69) is 0 Å². The van der Waals surface area contributed by atoms with Crippen LogP contribution in [0.1, 0.15) is 32.8 Å². The maximum Gasteiger partial charge on any atom is 0.257 e. The third-order valence-electron chi connectivity index (χ3n) is 5.33. The Balaban J connectivity index is 1.69. The summed E-state index contributed by atoms with van der Waals surface area (Å²) in [5.41, 5.74) is 2.97. The minimum atomic E-state index is -0.826. The van der Waals surface area contributed by atoms with Gasteiger partial charge in [-0.25, -0.2) is 4.90 Å². The van der Waals surface area contributed by atoms with Crippen molar-refractivity contribution in [2.75, 3.05) is 4.90 Å². The van der Waals surface area contributed by atoms with Crippen molar-refractivity contribution in [1.82, 2.24) is 4.90 Å². The van der Waals surface area contributed by atoms with E-state index in [1.807, 2.05) is 61.7 Å². The average Bonchev–Trinajstić information content (AvgIpc) is 3.35. The van der Waals surface area contributed by atoms with Gasteiger partial charge in [-0.2, -0.15) is 0 Å². The molecule has 1 aromatic heterocycles. The zero-order valence-corrected chi connectivity index (χ0v) is 17.7. The standard InChI is InChI=1S/C24H22N2O3S/c1-16-9-11-18(12-10-16)26-22(27)14-21(24(26)29)25(15-19-7-5-13-30-19)23(28)20-8-4-3-6-17(20)2/h3-13,21H,14-15H2,1-2H3. The number of amides is 3. The van der Waals surface area contributed by atoms with E-state index in [1.165, 1.54) is 16.2 Å². The summed E-state index contributed by atoms with van der Waals surface area (Å²) >= 11 is 1.52. The molecule has 1 aliphatic heterocycles. The van der Waals surface area contributed by atoms with E-state index in [0.29, 0.717) is 11.3 Å². The molecule has 3 aromatic rings. The molecule has 1 saturated heterocycles. The second kappa shape index (κ2) is 8.24. The van der Waals surface area contributed by atoms with Crippen LogP contribution in [0.3, 0.4) is 0 Å². The van der Waals surface area contributed by atoms with Crippen LogP contribution in [0.4, 0.5) is 5.69 Å². The van der Waals surface area contributed by atoms with Crippen LogP contribution < -0.4 is 4.90 Å². The highest BCUT2D eigenvalue weighted by molar-refractivity contribution is 7.09. The summed E-state index contributed by atoms with van der Waals surface area (Å²) in [5.74, 6) is -0.886. The maximum atomic E-state index is 13.5. The van der Waals surface area contributed by atoms with Gasteiger partial charge in [0.2, 0.25) is 5.91 Å². The van der Waals surface area contributed by atoms with Gasteiger partial charge in [-0.1, -0.05) is 42.0 Å². The first-order chi connectivity index (χ1) is 14.5. The van der Waals surface area contributed by atoms with E-state index in [9.17, 15) is 14.4 Å². The average molecular weight is 419 g/mol. The van der Waals surface area contributed by atoms with Crippen LogP contribution in [0.2, 0.25) is 0 Å². The molecule has 1 aliphatic rings. The highest BCUT2D eigenvalue weighted by atomic mass is 32.1. The van der Waals surface area contributed by atoms with Crippen molar-refractivity contribution in [3.63, 3.8) is 0 Å². The Morgan fingerprint density at radius 2 is 1.77 bits per heavy atom. The largest absolute Gasteiger partial charge is 0.321 e. The normalized spacial score (nSPS) is 16.2. The molecule has 1 fully saturated rings. The molecule has 0 radical (unpaired) electrons. The molecule has 0 aliphatic carbocycles. The van der Waals surface area contributed by atoms with Crippen LogP contribution in [0.15, 0.2) is 66.0 Å². The van der Waals surface area contributed by atoms with Gasteiger partial charge in [0.05, 0.1) is 18.7 Å². The lowest BCUT2D eigenvalue weighted by Crippen LogP contribution is -2.45. The van der Waals surface area contributed by atoms with Crippen LogP contribution in [-0.4, -0.2) is 28.7 Å². The van der Waals surface area contributed by atoms with E-state index in [1.54, 1.807) is 23.1 Å². The molecular formula is C24H22N2O3S. The summed E-state index contributed by atoms with van der Waals surface area (Å²) in [6.07, 6.45) is -0.0181. The van der Waals surface area contributed by atoms with Crippen molar-refractivity contribution in [3.05, 3.63) is 87.6 Å². The van der Waals surface area contributed by atoms with Gasteiger partial charge in [0.15, 0.2) is 0 Å². The van der Waals surface area contributed by atoms with Gasteiger partial charge < -0.3 is 4.90 Å². The Kier molecular flexibility index (Phi) is 5.50. The lowest BCUT2D eigenvalue weighted by atomic mass is 10.1. The molecule has 1 atom stereocenters. The highest BCUT2D eigenvalue weighted by Crippen LogP contribution is 2.29. The van der Waals surface area contributed by atoms with Gasteiger partial charge in [0.1, 0.15) is 6.04 Å². The topological polar surface area (TPSA) is 57.7 Å². The number of rotatable bonds is 5. The highest BCUT2D eigenvalue weighted by Gasteiger charge is 2.44. The van der Waals surface area contributed by atoms with Gasteiger partial charge in [-0.05, 0) is 49.1 Å². The van der Waals surface area contributed by atoms with Crippen molar-refractivity contribution < 1.29 is 14.4 Å². The van der Waals surface area contributed by atoms with Crippen molar-refractivity contribution >= 4 is 34.7 Å². The number of nitrogens with zero attached hydrogens (tertiary/aromatic N) is 2. The summed E-state index contributed by atoms with van der Waals surface area (Å²) in [6, 6.07) is 17.6. The first-order valence-corrected chi connectivity index (χ1v) is 10.7. The van der Waals surface area contributed by atoms with E-state index < -0.39 is 6.04 Å².